The zero-order valence-electron chi connectivity index (χ0n) is 7.42. The predicted molar refractivity (Wildman–Crippen MR) is 44.3 cm³/mol. The van der Waals surface area contributed by atoms with Gasteiger partial charge in [0.2, 0.25) is 0 Å². The highest BCUT2D eigenvalue weighted by molar-refractivity contribution is 5.85. The first kappa shape index (κ1) is 10.2. The molecule has 0 rings (SSSR count). The molecule has 0 heterocycles. The molecule has 0 bridgehead atoms. The molecule has 3 heteroatoms. The van der Waals surface area contributed by atoms with Crippen LogP contribution in [0.3, 0.4) is 0 Å². The second kappa shape index (κ2) is 3.53. The van der Waals surface area contributed by atoms with Crippen LogP contribution in [0.4, 0.5) is 0 Å². The van der Waals surface area contributed by atoms with Gasteiger partial charge in [-0.1, -0.05) is 6.58 Å². The third kappa shape index (κ3) is 5.61. The van der Waals surface area contributed by atoms with Gasteiger partial charge >= 0.3 is 5.97 Å². The van der Waals surface area contributed by atoms with E-state index in [9.17, 15) is 4.79 Å². The first-order valence-corrected chi connectivity index (χ1v) is 3.54. The maximum atomic E-state index is 10.3. The van der Waals surface area contributed by atoms with Crippen LogP contribution in [0.5, 0.6) is 0 Å². The molecule has 11 heavy (non-hydrogen) atoms. The number of hydrogen-bond acceptors (Lipinski definition) is 1. The Bertz CT molecular complexity index is 167. The first-order valence-electron chi connectivity index (χ1n) is 3.54. The van der Waals surface area contributed by atoms with Crippen LogP contribution in [-0.2, 0) is 4.79 Å². The van der Waals surface area contributed by atoms with Crippen molar-refractivity contribution in [2.75, 3.05) is 27.7 Å². The summed E-state index contributed by atoms with van der Waals surface area (Å²) >= 11 is 0. The molecule has 0 saturated heterocycles. The summed E-state index contributed by atoms with van der Waals surface area (Å²) in [6.07, 6.45) is 0.554. The summed E-state index contributed by atoms with van der Waals surface area (Å²) in [5.41, 5.74) is 0.290. The van der Waals surface area contributed by atoms with Crippen molar-refractivity contribution in [3.63, 3.8) is 0 Å². The largest absolute Gasteiger partial charge is 0.478 e. The summed E-state index contributed by atoms with van der Waals surface area (Å²) in [5.74, 6) is -0.890. The normalized spacial score (nSPS) is 11.2. The summed E-state index contributed by atoms with van der Waals surface area (Å²) < 4.78 is 0.770. The lowest BCUT2D eigenvalue weighted by Crippen LogP contribution is -2.35. The van der Waals surface area contributed by atoms with Crippen LogP contribution in [0, 0.1) is 0 Å². The van der Waals surface area contributed by atoms with E-state index in [-0.39, 0.29) is 5.57 Å². The van der Waals surface area contributed by atoms with E-state index >= 15 is 0 Å². The molecule has 0 aliphatic carbocycles. The minimum Gasteiger partial charge on any atom is -0.478 e. The molecule has 0 amide bonds. The van der Waals surface area contributed by atoms with Crippen LogP contribution in [-0.4, -0.2) is 43.2 Å². The summed E-state index contributed by atoms with van der Waals surface area (Å²) in [6.45, 7) is 4.26. The zero-order chi connectivity index (χ0) is 9.07. The number of nitrogens with zero attached hydrogens (tertiary/aromatic N) is 1. The van der Waals surface area contributed by atoms with Gasteiger partial charge in [-0.05, 0) is 0 Å². The van der Waals surface area contributed by atoms with Crippen LogP contribution >= 0.6 is 0 Å². The molecular weight excluding hydrogens is 142 g/mol. The van der Waals surface area contributed by atoms with Crippen LogP contribution in [0.15, 0.2) is 12.2 Å². The van der Waals surface area contributed by atoms with Crippen LogP contribution < -0.4 is 0 Å². The number of carboxylic acid groups (broad SMARTS) is 1. The molecule has 0 unspecified atom stereocenters. The minimum atomic E-state index is -0.890. The van der Waals surface area contributed by atoms with E-state index in [2.05, 4.69) is 6.58 Å². The highest BCUT2D eigenvalue weighted by Gasteiger charge is 2.10. The van der Waals surface area contributed by atoms with E-state index in [4.69, 9.17) is 5.11 Å². The number of carbonyl (C=O) groups is 1. The number of carboxylic acids is 1. The minimum absolute atomic E-state index is 0.290. The third-order valence-corrected chi connectivity index (χ3v) is 1.39. The number of quaternary nitrogens is 1. The van der Waals surface area contributed by atoms with E-state index < -0.39 is 5.97 Å². The summed E-state index contributed by atoms with van der Waals surface area (Å²) in [5, 5.41) is 8.47. The van der Waals surface area contributed by atoms with Crippen molar-refractivity contribution in [3.8, 4) is 0 Å². The number of aliphatic carboxylic acids is 1. The Kier molecular flexibility index (Phi) is 3.26. The van der Waals surface area contributed by atoms with Crippen molar-refractivity contribution < 1.29 is 14.4 Å². The predicted octanol–water partition coefficient (Wildman–Crippen LogP) is 0.723. The van der Waals surface area contributed by atoms with Crippen LogP contribution in [0.1, 0.15) is 6.42 Å². The van der Waals surface area contributed by atoms with Gasteiger partial charge in [0.25, 0.3) is 0 Å². The Morgan fingerprint density at radius 1 is 1.45 bits per heavy atom. The van der Waals surface area contributed by atoms with Gasteiger partial charge in [-0.25, -0.2) is 4.79 Å². The lowest BCUT2D eigenvalue weighted by atomic mass is 10.2. The molecular formula is C8H16NO2+. The van der Waals surface area contributed by atoms with Crippen molar-refractivity contribution in [2.24, 2.45) is 0 Å². The SMILES string of the molecule is C=C(CC[N+](C)(C)C)C(=O)O. The number of hydrogen-bond donors (Lipinski definition) is 1. The Balaban J connectivity index is 3.73. The molecule has 3 nitrogen and oxygen atoms in total. The van der Waals surface area contributed by atoms with Gasteiger partial charge in [-0.2, -0.15) is 0 Å². The average molecular weight is 158 g/mol. The third-order valence-electron chi connectivity index (χ3n) is 1.39. The van der Waals surface area contributed by atoms with Crippen molar-refractivity contribution in [1.82, 2.24) is 0 Å². The fraction of sp³-hybridized carbons (Fsp3) is 0.625. The maximum absolute atomic E-state index is 10.3. The Morgan fingerprint density at radius 3 is 2.18 bits per heavy atom. The van der Waals surface area contributed by atoms with Gasteiger partial charge in [0.05, 0.1) is 27.7 Å². The highest BCUT2D eigenvalue weighted by Crippen LogP contribution is 2.01. The van der Waals surface area contributed by atoms with Gasteiger partial charge in [0, 0.05) is 12.0 Å². The molecule has 0 aliphatic rings. The van der Waals surface area contributed by atoms with Gasteiger partial charge in [-0.3, -0.25) is 0 Å². The Morgan fingerprint density at radius 2 is 1.91 bits per heavy atom. The fourth-order valence-electron chi connectivity index (χ4n) is 0.577. The average Bonchev–Trinajstić information content (AvgIpc) is 1.80. The van der Waals surface area contributed by atoms with Crippen molar-refractivity contribution >= 4 is 5.97 Å². The van der Waals surface area contributed by atoms with Gasteiger partial charge in [0.15, 0.2) is 0 Å². The van der Waals surface area contributed by atoms with Gasteiger partial charge < -0.3 is 9.59 Å². The number of rotatable bonds is 4. The molecule has 0 aromatic rings. The van der Waals surface area contributed by atoms with Crippen molar-refractivity contribution in [2.45, 2.75) is 6.42 Å². The molecule has 1 N–H and O–H groups in total. The molecule has 0 spiro atoms. The Hall–Kier alpha value is -0.830. The van der Waals surface area contributed by atoms with E-state index in [1.807, 2.05) is 21.1 Å². The maximum Gasteiger partial charge on any atom is 0.331 e. The topological polar surface area (TPSA) is 37.3 Å². The fourth-order valence-corrected chi connectivity index (χ4v) is 0.577. The smallest absolute Gasteiger partial charge is 0.331 e. The van der Waals surface area contributed by atoms with Crippen LogP contribution in [0.25, 0.3) is 0 Å². The molecule has 0 fully saturated rings. The van der Waals surface area contributed by atoms with E-state index in [0.29, 0.717) is 6.42 Å². The van der Waals surface area contributed by atoms with E-state index in [1.165, 1.54) is 0 Å². The first-order chi connectivity index (χ1) is 4.83. The Labute approximate surface area is 67.5 Å². The summed E-state index contributed by atoms with van der Waals surface area (Å²) in [7, 11) is 6.07. The molecule has 0 aromatic carbocycles. The molecule has 64 valence electrons. The second-order valence-electron chi connectivity index (χ2n) is 3.67. The summed E-state index contributed by atoms with van der Waals surface area (Å²) in [6, 6.07) is 0. The molecule has 0 aliphatic heterocycles. The molecule has 0 atom stereocenters. The molecule has 0 radical (unpaired) electrons. The standard InChI is InChI=1S/C8H15NO2/c1-7(8(10)11)5-6-9(2,3)4/h1,5-6H2,2-4H3/p+1. The lowest BCUT2D eigenvalue weighted by Gasteiger charge is -2.23. The highest BCUT2D eigenvalue weighted by atomic mass is 16.4. The van der Waals surface area contributed by atoms with Gasteiger partial charge in [-0.15, -0.1) is 0 Å². The zero-order valence-corrected chi connectivity index (χ0v) is 7.42. The van der Waals surface area contributed by atoms with E-state index in [1.54, 1.807) is 0 Å². The summed E-state index contributed by atoms with van der Waals surface area (Å²) in [4.78, 5) is 10.3. The second-order valence-corrected chi connectivity index (χ2v) is 3.67. The van der Waals surface area contributed by atoms with Crippen molar-refractivity contribution in [1.29, 1.82) is 0 Å². The van der Waals surface area contributed by atoms with E-state index in [0.717, 1.165) is 11.0 Å². The monoisotopic (exact) mass is 158 g/mol. The van der Waals surface area contributed by atoms with Gasteiger partial charge in [0.1, 0.15) is 0 Å². The lowest BCUT2D eigenvalue weighted by molar-refractivity contribution is -0.870. The molecule has 0 aromatic heterocycles. The van der Waals surface area contributed by atoms with Crippen molar-refractivity contribution in [3.05, 3.63) is 12.2 Å². The molecule has 0 saturated carbocycles. The van der Waals surface area contributed by atoms with Crippen LogP contribution in [0.2, 0.25) is 0 Å². The quantitative estimate of drug-likeness (QED) is 0.483.